The molecule has 6 nitrogen and oxygen atoms in total. The van der Waals surface area contributed by atoms with E-state index < -0.39 is 27.2 Å². The van der Waals surface area contributed by atoms with Crippen molar-refractivity contribution in [2.24, 2.45) is 22.2 Å². The van der Waals surface area contributed by atoms with Crippen LogP contribution in [0.4, 0.5) is 5.69 Å². The van der Waals surface area contributed by atoms with Crippen molar-refractivity contribution in [1.29, 1.82) is 0 Å². The zero-order chi connectivity index (χ0) is 20.9. The zero-order valence-electron chi connectivity index (χ0n) is 17.1. The largest absolute Gasteiger partial charge is 0.331 e. The molecule has 0 aliphatic carbocycles. The van der Waals surface area contributed by atoms with Crippen LogP contribution in [0.5, 0.6) is 0 Å². The smallest absolute Gasteiger partial charge is 0.239 e. The van der Waals surface area contributed by atoms with Crippen LogP contribution in [0.15, 0.2) is 34.2 Å². The van der Waals surface area contributed by atoms with Crippen LogP contribution in [0.1, 0.15) is 41.0 Å². The third kappa shape index (κ3) is 3.64. The lowest BCUT2D eigenvalue weighted by molar-refractivity contribution is -0.131. The highest BCUT2D eigenvalue weighted by Gasteiger charge is 2.54. The number of benzene rings is 1. The summed E-state index contributed by atoms with van der Waals surface area (Å²) in [7, 11) is -3.63. The monoisotopic (exact) mass is 404 g/mol. The Morgan fingerprint density at radius 1 is 1.18 bits per heavy atom. The predicted octanol–water partition coefficient (Wildman–Crippen LogP) is 3.03. The number of carbonyl (C=O) groups excluding carboxylic acids is 2. The van der Waals surface area contributed by atoms with Crippen LogP contribution in [0.25, 0.3) is 0 Å². The molecule has 2 aliphatic heterocycles. The molecule has 2 heterocycles. The molecule has 1 fully saturated rings. The van der Waals surface area contributed by atoms with Gasteiger partial charge in [-0.05, 0) is 29.9 Å². The summed E-state index contributed by atoms with van der Waals surface area (Å²) in [6, 6.07) is 5.88. The summed E-state index contributed by atoms with van der Waals surface area (Å²) in [5, 5.41) is 0. The van der Waals surface area contributed by atoms with E-state index in [1.165, 1.54) is 6.07 Å². The summed E-state index contributed by atoms with van der Waals surface area (Å²) < 4.78 is 25.4. The van der Waals surface area contributed by atoms with Gasteiger partial charge in [0.25, 0.3) is 0 Å². The Hall–Kier alpha value is -2.02. The van der Waals surface area contributed by atoms with Crippen molar-refractivity contribution in [1.82, 2.24) is 4.90 Å². The standard InChI is InChI=1S/C21H28N2O4S/c1-13(2)10-11-23-19(21(3,4)5)18(24)17(20(23)25)15-12-28(26,27)16-9-7-6-8-14(16)22-15/h6-9,13,17,19H,10-12H2,1-5H3/t17?,19-/m1/s1. The van der Waals surface area contributed by atoms with E-state index in [0.717, 1.165) is 6.42 Å². The minimum Gasteiger partial charge on any atom is -0.331 e. The van der Waals surface area contributed by atoms with Crippen molar-refractivity contribution in [2.45, 2.75) is 52.0 Å². The number of para-hydroxylation sites is 1. The van der Waals surface area contributed by atoms with E-state index in [0.29, 0.717) is 18.2 Å². The molecule has 2 atom stereocenters. The lowest BCUT2D eigenvalue weighted by Crippen LogP contribution is -2.45. The third-order valence-corrected chi connectivity index (χ3v) is 6.99. The van der Waals surface area contributed by atoms with Gasteiger partial charge in [-0.3, -0.25) is 14.6 Å². The second-order valence-electron chi connectivity index (χ2n) is 9.15. The Morgan fingerprint density at radius 3 is 2.43 bits per heavy atom. The first-order valence-corrected chi connectivity index (χ1v) is 11.3. The first-order chi connectivity index (χ1) is 12.9. The maximum absolute atomic E-state index is 13.3. The minimum atomic E-state index is -3.63. The highest BCUT2D eigenvalue weighted by Crippen LogP contribution is 2.38. The summed E-state index contributed by atoms with van der Waals surface area (Å²) >= 11 is 0. The molecule has 1 amide bonds. The van der Waals surface area contributed by atoms with Gasteiger partial charge < -0.3 is 4.90 Å². The average Bonchev–Trinajstić information content (AvgIpc) is 2.82. The fourth-order valence-electron chi connectivity index (χ4n) is 3.98. The summed E-state index contributed by atoms with van der Waals surface area (Å²) in [5.74, 6) is -1.67. The molecule has 3 rings (SSSR count). The van der Waals surface area contributed by atoms with Gasteiger partial charge >= 0.3 is 0 Å². The van der Waals surface area contributed by atoms with Crippen LogP contribution < -0.4 is 0 Å². The van der Waals surface area contributed by atoms with Crippen LogP contribution in [0, 0.1) is 17.3 Å². The number of nitrogens with zero attached hydrogens (tertiary/aromatic N) is 2. The molecular formula is C21H28N2O4S. The van der Waals surface area contributed by atoms with Crippen molar-refractivity contribution in [3.8, 4) is 0 Å². The lowest BCUT2D eigenvalue weighted by atomic mass is 9.82. The quantitative estimate of drug-likeness (QED) is 0.722. The number of sulfone groups is 1. The molecule has 0 N–H and O–H groups in total. The molecule has 2 aliphatic rings. The topological polar surface area (TPSA) is 83.9 Å². The molecule has 1 aromatic carbocycles. The van der Waals surface area contributed by atoms with Gasteiger partial charge in [-0.15, -0.1) is 0 Å². The predicted molar refractivity (Wildman–Crippen MR) is 108 cm³/mol. The van der Waals surface area contributed by atoms with E-state index >= 15 is 0 Å². The number of likely N-dealkylation sites (tertiary alicyclic amines) is 1. The van der Waals surface area contributed by atoms with Crippen LogP contribution in [-0.4, -0.2) is 49.1 Å². The number of fused-ring (bicyclic) bond motifs is 1. The highest BCUT2D eigenvalue weighted by atomic mass is 32.2. The highest BCUT2D eigenvalue weighted by molar-refractivity contribution is 7.92. The number of hydrogen-bond acceptors (Lipinski definition) is 5. The lowest BCUT2D eigenvalue weighted by Gasteiger charge is -2.34. The molecule has 1 unspecified atom stereocenters. The SMILES string of the molecule is CC(C)CCN1C(=O)C(C2=Nc3ccccc3S(=O)(=O)C2)C(=O)[C@@H]1C(C)(C)C. The average molecular weight is 405 g/mol. The fraction of sp³-hybridized carbons (Fsp3) is 0.571. The Morgan fingerprint density at radius 2 is 1.82 bits per heavy atom. The zero-order valence-corrected chi connectivity index (χ0v) is 17.9. The molecule has 0 aromatic heterocycles. The summed E-state index contributed by atoms with van der Waals surface area (Å²) in [5.41, 5.74) is 0.0112. The van der Waals surface area contributed by atoms with E-state index in [-0.39, 0.29) is 28.1 Å². The molecule has 0 spiro atoms. The van der Waals surface area contributed by atoms with Gasteiger partial charge in [0.15, 0.2) is 15.6 Å². The second-order valence-corrected chi connectivity index (χ2v) is 11.1. The molecule has 1 aromatic rings. The second kappa shape index (κ2) is 7.10. The number of carbonyl (C=O) groups is 2. The normalized spacial score (nSPS) is 24.5. The molecule has 1 saturated heterocycles. The number of amides is 1. The first-order valence-electron chi connectivity index (χ1n) is 9.67. The van der Waals surface area contributed by atoms with E-state index in [1.807, 2.05) is 20.8 Å². The van der Waals surface area contributed by atoms with Gasteiger partial charge in [-0.1, -0.05) is 46.8 Å². The van der Waals surface area contributed by atoms with Crippen LogP contribution >= 0.6 is 0 Å². The van der Waals surface area contributed by atoms with E-state index in [2.05, 4.69) is 18.8 Å². The summed E-state index contributed by atoms with van der Waals surface area (Å²) in [6.07, 6.45) is 0.784. The van der Waals surface area contributed by atoms with E-state index in [9.17, 15) is 18.0 Å². The maximum atomic E-state index is 13.3. The Bertz CT molecular complexity index is 941. The molecule has 0 bridgehead atoms. The first kappa shape index (κ1) is 20.7. The van der Waals surface area contributed by atoms with Crippen molar-refractivity contribution >= 4 is 32.9 Å². The van der Waals surface area contributed by atoms with E-state index in [4.69, 9.17) is 0 Å². The van der Waals surface area contributed by atoms with Gasteiger partial charge in [0.1, 0.15) is 5.92 Å². The van der Waals surface area contributed by atoms with Crippen LogP contribution in [0.3, 0.4) is 0 Å². The van der Waals surface area contributed by atoms with E-state index in [1.54, 1.807) is 23.1 Å². The third-order valence-electron chi connectivity index (χ3n) is 5.30. The minimum absolute atomic E-state index is 0.148. The maximum Gasteiger partial charge on any atom is 0.239 e. The molecule has 0 saturated carbocycles. The van der Waals surface area contributed by atoms with Crippen LogP contribution in [-0.2, 0) is 19.4 Å². The van der Waals surface area contributed by atoms with Gasteiger partial charge in [0.2, 0.25) is 5.91 Å². The van der Waals surface area contributed by atoms with Crippen LogP contribution in [0.2, 0.25) is 0 Å². The summed E-state index contributed by atoms with van der Waals surface area (Å²) in [4.78, 5) is 32.8. The number of rotatable bonds is 4. The van der Waals surface area contributed by atoms with Gasteiger partial charge in [-0.2, -0.15) is 0 Å². The Kier molecular flexibility index (Phi) is 5.25. The van der Waals surface area contributed by atoms with Crippen molar-refractivity contribution in [2.75, 3.05) is 12.3 Å². The Labute approximate surface area is 166 Å². The van der Waals surface area contributed by atoms with Gasteiger partial charge in [0, 0.05) is 6.54 Å². The molecule has 0 radical (unpaired) electrons. The fourth-order valence-corrected chi connectivity index (χ4v) is 5.48. The number of hydrogen-bond donors (Lipinski definition) is 0. The van der Waals surface area contributed by atoms with Gasteiger partial charge in [0.05, 0.1) is 28.1 Å². The van der Waals surface area contributed by atoms with Crippen molar-refractivity contribution < 1.29 is 18.0 Å². The summed E-state index contributed by atoms with van der Waals surface area (Å²) in [6.45, 7) is 10.4. The number of Topliss-reactive ketones (excluding diaryl/α,β-unsaturated/α-hetero) is 1. The molecule has 152 valence electrons. The molecular weight excluding hydrogens is 376 g/mol. The van der Waals surface area contributed by atoms with Crippen molar-refractivity contribution in [3.05, 3.63) is 24.3 Å². The van der Waals surface area contributed by atoms with Gasteiger partial charge in [-0.25, -0.2) is 8.42 Å². The Balaban J connectivity index is 2.04. The number of aliphatic imine (C=N–C) groups is 1. The number of ketones is 1. The van der Waals surface area contributed by atoms with Crippen molar-refractivity contribution in [3.63, 3.8) is 0 Å². The molecule has 7 heteroatoms. The molecule has 28 heavy (non-hydrogen) atoms.